The second-order valence-corrected chi connectivity index (χ2v) is 6.70. The number of carbonyl (C=O) groups excluding carboxylic acids is 2. The molecular formula is C20H16ClFN2O4S. The predicted octanol–water partition coefficient (Wildman–Crippen LogP) is 3.72. The van der Waals surface area contributed by atoms with Crippen molar-refractivity contribution in [3.8, 4) is 11.5 Å². The molecule has 3 rings (SSSR count). The van der Waals surface area contributed by atoms with Crippen molar-refractivity contribution < 1.29 is 23.5 Å². The molecule has 29 heavy (non-hydrogen) atoms. The van der Waals surface area contributed by atoms with Crippen molar-refractivity contribution in [3.63, 3.8) is 0 Å². The number of rotatable bonds is 5. The van der Waals surface area contributed by atoms with E-state index in [1.807, 2.05) is 0 Å². The van der Waals surface area contributed by atoms with E-state index in [0.29, 0.717) is 23.7 Å². The summed E-state index contributed by atoms with van der Waals surface area (Å²) in [5, 5.41) is 2.57. The van der Waals surface area contributed by atoms with Crippen molar-refractivity contribution in [3.05, 3.63) is 58.4 Å². The van der Waals surface area contributed by atoms with Crippen molar-refractivity contribution >= 4 is 52.5 Å². The molecule has 0 unspecified atom stereocenters. The highest BCUT2D eigenvalue weighted by Crippen LogP contribution is 2.37. The van der Waals surface area contributed by atoms with Crippen molar-refractivity contribution in [2.24, 2.45) is 0 Å². The van der Waals surface area contributed by atoms with Gasteiger partial charge in [0.2, 0.25) is 0 Å². The summed E-state index contributed by atoms with van der Waals surface area (Å²) in [5.41, 5.74) is 0.463. The lowest BCUT2D eigenvalue weighted by molar-refractivity contribution is -0.122. The Kier molecular flexibility index (Phi) is 6.14. The van der Waals surface area contributed by atoms with E-state index in [1.54, 1.807) is 13.0 Å². The summed E-state index contributed by atoms with van der Waals surface area (Å²) in [6.07, 6.45) is 1.36. The number of methoxy groups -OCH3 is 1. The van der Waals surface area contributed by atoms with E-state index in [2.05, 4.69) is 5.32 Å². The number of carbonyl (C=O) groups is 2. The smallest absolute Gasteiger partial charge is 0.270 e. The van der Waals surface area contributed by atoms with Crippen LogP contribution in [0.3, 0.4) is 0 Å². The minimum Gasteiger partial charge on any atom is -0.491 e. The summed E-state index contributed by atoms with van der Waals surface area (Å²) in [6, 6.07) is 8.48. The maximum Gasteiger partial charge on any atom is 0.270 e. The third-order valence-electron chi connectivity index (χ3n) is 4.01. The quantitative estimate of drug-likeness (QED) is 0.441. The number of amides is 2. The monoisotopic (exact) mass is 434 g/mol. The van der Waals surface area contributed by atoms with Gasteiger partial charge in [-0.2, -0.15) is 0 Å². The molecule has 1 fully saturated rings. The first-order chi connectivity index (χ1) is 13.8. The predicted molar refractivity (Wildman–Crippen MR) is 112 cm³/mol. The molecule has 2 aromatic carbocycles. The molecule has 0 atom stereocenters. The molecule has 1 N–H and O–H groups in total. The SMILES string of the molecule is CCOc1cc(/C=C2\C(=O)NC(=S)N(c3cccc(F)c3)C2=O)cc(Cl)c1OC. The molecule has 0 radical (unpaired) electrons. The Bertz CT molecular complexity index is 1040. The number of ether oxygens (including phenoxy) is 2. The summed E-state index contributed by atoms with van der Waals surface area (Å²) in [7, 11) is 1.46. The zero-order valence-electron chi connectivity index (χ0n) is 15.5. The van der Waals surface area contributed by atoms with Crippen LogP contribution in [0.5, 0.6) is 11.5 Å². The highest BCUT2D eigenvalue weighted by atomic mass is 35.5. The first kappa shape index (κ1) is 20.8. The molecule has 0 bridgehead atoms. The number of nitrogens with zero attached hydrogens (tertiary/aromatic N) is 1. The number of anilines is 1. The normalized spacial score (nSPS) is 15.5. The minimum absolute atomic E-state index is 0.134. The third kappa shape index (κ3) is 4.23. The van der Waals surface area contributed by atoms with Crippen molar-refractivity contribution in [1.29, 1.82) is 0 Å². The third-order valence-corrected chi connectivity index (χ3v) is 4.58. The summed E-state index contributed by atoms with van der Waals surface area (Å²) in [5.74, 6) is -1.18. The topological polar surface area (TPSA) is 67.9 Å². The number of nitrogens with one attached hydrogen (secondary N) is 1. The molecule has 2 aromatic rings. The van der Waals surface area contributed by atoms with Gasteiger partial charge in [0.1, 0.15) is 11.4 Å². The van der Waals surface area contributed by atoms with Crippen LogP contribution in [0.25, 0.3) is 6.08 Å². The maximum absolute atomic E-state index is 13.6. The van der Waals surface area contributed by atoms with Crippen LogP contribution >= 0.6 is 23.8 Å². The molecule has 150 valence electrons. The van der Waals surface area contributed by atoms with Gasteiger partial charge in [0.05, 0.1) is 24.4 Å². The van der Waals surface area contributed by atoms with Crippen LogP contribution in [0.15, 0.2) is 42.0 Å². The molecule has 2 amide bonds. The molecule has 1 saturated heterocycles. The fourth-order valence-electron chi connectivity index (χ4n) is 2.81. The first-order valence-electron chi connectivity index (χ1n) is 8.53. The second kappa shape index (κ2) is 8.59. The summed E-state index contributed by atoms with van der Waals surface area (Å²) >= 11 is 11.3. The van der Waals surface area contributed by atoms with Gasteiger partial charge >= 0.3 is 0 Å². The first-order valence-corrected chi connectivity index (χ1v) is 9.31. The van der Waals surface area contributed by atoms with Crippen LogP contribution in [0, 0.1) is 5.82 Å². The van der Waals surface area contributed by atoms with Gasteiger partial charge in [-0.3, -0.25) is 19.8 Å². The molecular weight excluding hydrogens is 419 g/mol. The Morgan fingerprint density at radius 1 is 1.28 bits per heavy atom. The Morgan fingerprint density at radius 3 is 2.69 bits per heavy atom. The highest BCUT2D eigenvalue weighted by Gasteiger charge is 2.34. The van der Waals surface area contributed by atoms with Gasteiger partial charge < -0.3 is 9.47 Å². The average Bonchev–Trinajstić information content (AvgIpc) is 2.65. The molecule has 1 aliphatic heterocycles. The molecule has 0 aliphatic carbocycles. The number of benzene rings is 2. The Morgan fingerprint density at radius 2 is 2.03 bits per heavy atom. The highest BCUT2D eigenvalue weighted by molar-refractivity contribution is 7.80. The van der Waals surface area contributed by atoms with Crippen LogP contribution in [0.4, 0.5) is 10.1 Å². The zero-order chi connectivity index (χ0) is 21.1. The van der Waals surface area contributed by atoms with Gasteiger partial charge in [0, 0.05) is 0 Å². The van der Waals surface area contributed by atoms with E-state index < -0.39 is 17.6 Å². The second-order valence-electron chi connectivity index (χ2n) is 5.90. The molecule has 6 nitrogen and oxygen atoms in total. The van der Waals surface area contributed by atoms with Crippen molar-refractivity contribution in [2.75, 3.05) is 18.6 Å². The Hall–Kier alpha value is -2.97. The van der Waals surface area contributed by atoms with Gasteiger partial charge in [-0.1, -0.05) is 17.7 Å². The van der Waals surface area contributed by atoms with Gasteiger partial charge in [0.25, 0.3) is 11.8 Å². The van der Waals surface area contributed by atoms with Gasteiger partial charge in [0.15, 0.2) is 16.6 Å². The number of thiocarbonyl (C=S) groups is 1. The zero-order valence-corrected chi connectivity index (χ0v) is 17.1. The van der Waals surface area contributed by atoms with Gasteiger partial charge in [-0.15, -0.1) is 0 Å². The van der Waals surface area contributed by atoms with Gasteiger partial charge in [-0.05, 0) is 61.1 Å². The fraction of sp³-hybridized carbons (Fsp3) is 0.150. The van der Waals surface area contributed by atoms with E-state index in [0.717, 1.165) is 11.0 Å². The van der Waals surface area contributed by atoms with Crippen LogP contribution < -0.4 is 19.7 Å². The van der Waals surface area contributed by atoms with Crippen LogP contribution in [-0.2, 0) is 9.59 Å². The standard InChI is InChI=1S/C20H16ClFN2O4S/c1-3-28-16-9-11(8-15(21)17(16)27-2)7-14-18(25)23-20(29)24(19(14)26)13-6-4-5-12(22)10-13/h4-10H,3H2,1-2H3,(H,23,25,29)/b14-7+. The van der Waals surface area contributed by atoms with Crippen molar-refractivity contribution in [2.45, 2.75) is 6.92 Å². The van der Waals surface area contributed by atoms with E-state index in [1.165, 1.54) is 37.5 Å². The van der Waals surface area contributed by atoms with E-state index in [4.69, 9.17) is 33.3 Å². The molecule has 0 spiro atoms. The molecule has 1 aliphatic rings. The van der Waals surface area contributed by atoms with Crippen LogP contribution in [0.1, 0.15) is 12.5 Å². The lowest BCUT2D eigenvalue weighted by Gasteiger charge is -2.29. The summed E-state index contributed by atoms with van der Waals surface area (Å²) in [4.78, 5) is 26.4. The molecule has 9 heteroatoms. The Labute approximate surface area is 176 Å². The molecule has 1 heterocycles. The summed E-state index contributed by atoms with van der Waals surface area (Å²) in [6.45, 7) is 2.17. The van der Waals surface area contributed by atoms with E-state index in [9.17, 15) is 14.0 Å². The lowest BCUT2D eigenvalue weighted by Crippen LogP contribution is -2.54. The average molecular weight is 435 g/mol. The minimum atomic E-state index is -0.686. The van der Waals surface area contributed by atoms with Crippen LogP contribution in [0.2, 0.25) is 5.02 Å². The lowest BCUT2D eigenvalue weighted by atomic mass is 10.1. The maximum atomic E-state index is 13.6. The van der Waals surface area contributed by atoms with Gasteiger partial charge in [-0.25, -0.2) is 4.39 Å². The van der Waals surface area contributed by atoms with E-state index >= 15 is 0 Å². The number of hydrogen-bond donors (Lipinski definition) is 1. The number of halogens is 2. The summed E-state index contributed by atoms with van der Waals surface area (Å²) < 4.78 is 24.4. The molecule has 0 aromatic heterocycles. The fourth-order valence-corrected chi connectivity index (χ4v) is 3.38. The molecule has 0 saturated carbocycles. The number of hydrogen-bond acceptors (Lipinski definition) is 5. The largest absolute Gasteiger partial charge is 0.491 e. The van der Waals surface area contributed by atoms with E-state index in [-0.39, 0.29) is 21.4 Å². The Balaban J connectivity index is 2.05. The van der Waals surface area contributed by atoms with Crippen molar-refractivity contribution in [1.82, 2.24) is 5.32 Å². The van der Waals surface area contributed by atoms with Crippen LogP contribution in [-0.4, -0.2) is 30.6 Å².